The molecule has 0 spiro atoms. The van der Waals surface area contributed by atoms with E-state index in [1.54, 1.807) is 12.1 Å². The fraction of sp³-hybridized carbons (Fsp3) is 0.320. The Bertz CT molecular complexity index is 1200. The van der Waals surface area contributed by atoms with Crippen molar-refractivity contribution in [3.63, 3.8) is 0 Å². The van der Waals surface area contributed by atoms with E-state index in [4.69, 9.17) is 10.8 Å². The highest BCUT2D eigenvalue weighted by molar-refractivity contribution is 6.07. The third-order valence-electron chi connectivity index (χ3n) is 6.33. The highest BCUT2D eigenvalue weighted by Gasteiger charge is 2.23. The Morgan fingerprint density at radius 1 is 0.971 bits per heavy atom. The molecule has 9 heteroatoms. The quantitative estimate of drug-likeness (QED) is 0.425. The number of primary amides is 1. The van der Waals surface area contributed by atoms with Gasteiger partial charge in [-0.3, -0.25) is 14.6 Å². The van der Waals surface area contributed by atoms with Crippen molar-refractivity contribution in [1.29, 1.82) is 0 Å². The van der Waals surface area contributed by atoms with E-state index in [-0.39, 0.29) is 11.6 Å². The third-order valence-corrected chi connectivity index (χ3v) is 6.33. The number of fused-ring (bicyclic) bond motifs is 1. The largest absolute Gasteiger partial charge is 0.465 e. The van der Waals surface area contributed by atoms with Gasteiger partial charge in [-0.05, 0) is 61.8 Å². The van der Waals surface area contributed by atoms with Crippen LogP contribution < -0.4 is 16.4 Å². The van der Waals surface area contributed by atoms with Gasteiger partial charge in [0.05, 0.1) is 16.8 Å². The highest BCUT2D eigenvalue weighted by atomic mass is 16.4. The molecule has 0 atom stereocenters. The molecule has 0 aliphatic heterocycles. The second kappa shape index (κ2) is 10.3. The van der Waals surface area contributed by atoms with Crippen molar-refractivity contribution in [1.82, 2.24) is 20.6 Å². The molecule has 2 aromatic heterocycles. The predicted octanol–water partition coefficient (Wildman–Crippen LogP) is 3.20. The number of amides is 3. The van der Waals surface area contributed by atoms with Crippen molar-refractivity contribution in [2.45, 2.75) is 25.7 Å². The summed E-state index contributed by atoms with van der Waals surface area (Å²) >= 11 is 0. The summed E-state index contributed by atoms with van der Waals surface area (Å²) in [7, 11) is 0. The molecule has 3 aromatic rings. The molecular weight excluding hydrogens is 434 g/mol. The molecule has 4 rings (SSSR count). The van der Waals surface area contributed by atoms with E-state index >= 15 is 0 Å². The Balaban J connectivity index is 1.47. The Kier molecular flexibility index (Phi) is 7.01. The molecule has 34 heavy (non-hydrogen) atoms. The summed E-state index contributed by atoms with van der Waals surface area (Å²) in [4.78, 5) is 43.9. The first-order chi connectivity index (χ1) is 16.4. The minimum atomic E-state index is -0.988. The van der Waals surface area contributed by atoms with Crippen LogP contribution in [0.1, 0.15) is 46.5 Å². The summed E-state index contributed by atoms with van der Waals surface area (Å²) in [6, 6.07) is 12.5. The van der Waals surface area contributed by atoms with Crippen molar-refractivity contribution < 1.29 is 19.5 Å². The molecule has 9 nitrogen and oxygen atoms in total. The fourth-order valence-electron chi connectivity index (χ4n) is 4.41. The predicted molar refractivity (Wildman–Crippen MR) is 127 cm³/mol. The summed E-state index contributed by atoms with van der Waals surface area (Å²) in [5.41, 5.74) is 7.91. The van der Waals surface area contributed by atoms with Crippen LogP contribution in [0, 0.1) is 11.8 Å². The molecule has 0 radical (unpaired) electrons. The maximum Gasteiger partial charge on any atom is 0.404 e. The molecule has 0 bridgehead atoms. The minimum Gasteiger partial charge on any atom is -0.465 e. The van der Waals surface area contributed by atoms with Gasteiger partial charge in [0.25, 0.3) is 11.8 Å². The first-order valence-corrected chi connectivity index (χ1v) is 11.3. The number of carbonyl (C=O) groups excluding carboxylic acids is 2. The number of para-hydroxylation sites is 1. The molecule has 2 heterocycles. The number of nitrogens with zero attached hydrogens (tertiary/aromatic N) is 2. The third kappa shape index (κ3) is 5.48. The summed E-state index contributed by atoms with van der Waals surface area (Å²) < 4.78 is 0. The van der Waals surface area contributed by atoms with Gasteiger partial charge in [0.15, 0.2) is 0 Å². The van der Waals surface area contributed by atoms with Crippen LogP contribution in [0.25, 0.3) is 22.2 Å². The normalized spacial score (nSPS) is 17.8. The minimum absolute atomic E-state index is 0.163. The average Bonchev–Trinajstić information content (AvgIpc) is 2.86. The van der Waals surface area contributed by atoms with Gasteiger partial charge < -0.3 is 21.5 Å². The van der Waals surface area contributed by atoms with E-state index in [1.807, 2.05) is 24.3 Å². The van der Waals surface area contributed by atoms with Gasteiger partial charge in [-0.2, -0.15) is 0 Å². The molecule has 0 unspecified atom stereocenters. The van der Waals surface area contributed by atoms with E-state index in [9.17, 15) is 14.4 Å². The zero-order valence-electron chi connectivity index (χ0n) is 18.7. The Morgan fingerprint density at radius 2 is 1.65 bits per heavy atom. The lowest BCUT2D eigenvalue weighted by Crippen LogP contribution is -2.34. The van der Waals surface area contributed by atoms with Crippen LogP contribution in [-0.4, -0.2) is 46.1 Å². The number of aromatic nitrogens is 2. The van der Waals surface area contributed by atoms with Gasteiger partial charge >= 0.3 is 6.09 Å². The molecule has 3 amide bonds. The van der Waals surface area contributed by atoms with E-state index in [0.717, 1.165) is 31.1 Å². The maximum absolute atomic E-state index is 13.2. The van der Waals surface area contributed by atoms with E-state index in [2.05, 4.69) is 20.6 Å². The molecule has 1 aromatic carbocycles. The van der Waals surface area contributed by atoms with Gasteiger partial charge in [-0.1, -0.05) is 18.2 Å². The zero-order chi connectivity index (χ0) is 24.1. The van der Waals surface area contributed by atoms with Crippen molar-refractivity contribution >= 4 is 28.8 Å². The lowest BCUT2D eigenvalue weighted by molar-refractivity contribution is 0.0941. The van der Waals surface area contributed by atoms with Crippen LogP contribution in [0.2, 0.25) is 0 Å². The highest BCUT2D eigenvalue weighted by Crippen LogP contribution is 2.29. The van der Waals surface area contributed by atoms with E-state index in [0.29, 0.717) is 47.3 Å². The lowest BCUT2D eigenvalue weighted by atomic mass is 9.82. The van der Waals surface area contributed by atoms with Gasteiger partial charge in [-0.25, -0.2) is 9.78 Å². The number of carboxylic acid groups (broad SMARTS) is 1. The van der Waals surface area contributed by atoms with E-state index in [1.165, 1.54) is 12.3 Å². The van der Waals surface area contributed by atoms with Crippen molar-refractivity contribution in [2.75, 3.05) is 13.1 Å². The second-order valence-electron chi connectivity index (χ2n) is 8.65. The summed E-state index contributed by atoms with van der Waals surface area (Å²) in [6.07, 6.45) is 4.32. The van der Waals surface area contributed by atoms with Gasteiger partial charge in [0, 0.05) is 30.2 Å². The first kappa shape index (κ1) is 23.2. The van der Waals surface area contributed by atoms with Crippen molar-refractivity contribution in [3.05, 3.63) is 59.9 Å². The molecule has 5 N–H and O–H groups in total. The van der Waals surface area contributed by atoms with Crippen LogP contribution >= 0.6 is 0 Å². The molecule has 176 valence electrons. The van der Waals surface area contributed by atoms with Gasteiger partial charge in [0.2, 0.25) is 0 Å². The van der Waals surface area contributed by atoms with Crippen LogP contribution in [0.15, 0.2) is 48.7 Å². The molecule has 1 fully saturated rings. The maximum atomic E-state index is 13.2. The summed E-state index contributed by atoms with van der Waals surface area (Å²) in [5, 5.41) is 15.1. The smallest absolute Gasteiger partial charge is 0.404 e. The van der Waals surface area contributed by atoms with Crippen molar-refractivity contribution in [3.8, 4) is 11.3 Å². The summed E-state index contributed by atoms with van der Waals surface area (Å²) in [6.45, 7) is 1.05. The number of carbonyl (C=O) groups is 3. The Labute approximate surface area is 196 Å². The second-order valence-corrected chi connectivity index (χ2v) is 8.65. The number of benzene rings is 1. The number of nitrogens with two attached hydrogens (primary N) is 1. The van der Waals surface area contributed by atoms with Gasteiger partial charge in [-0.15, -0.1) is 0 Å². The number of pyridine rings is 2. The van der Waals surface area contributed by atoms with Crippen LogP contribution in [-0.2, 0) is 0 Å². The average molecular weight is 462 g/mol. The molecule has 0 saturated heterocycles. The number of nitrogens with one attached hydrogen (secondary N) is 2. The zero-order valence-corrected chi connectivity index (χ0v) is 18.7. The molecule has 1 aliphatic rings. The molecule has 1 aliphatic carbocycles. The molecule has 1 saturated carbocycles. The van der Waals surface area contributed by atoms with Crippen molar-refractivity contribution in [2.24, 2.45) is 17.6 Å². The lowest BCUT2D eigenvalue weighted by Gasteiger charge is -2.28. The topological polar surface area (TPSA) is 147 Å². The molecular formula is C25H27N5O4. The first-order valence-electron chi connectivity index (χ1n) is 11.3. The van der Waals surface area contributed by atoms with Crippen LogP contribution in [0.3, 0.4) is 0 Å². The SMILES string of the molecule is NC(=O)c1ccc(-c2cc(C(=O)NC[C@H]3CC[C@H](CNC(=O)O)CC3)c3ccccc3n2)cn1. The Hall–Kier alpha value is -4.01. The van der Waals surface area contributed by atoms with Crippen LogP contribution in [0.5, 0.6) is 0 Å². The summed E-state index contributed by atoms with van der Waals surface area (Å²) in [5.74, 6) is -0.0611. The monoisotopic (exact) mass is 461 g/mol. The number of rotatable bonds is 7. The standard InChI is InChI=1S/C25H27N5O4/c26-23(31)21-10-9-17(14-27-21)22-11-19(18-3-1-2-4-20(18)30-22)24(32)28-12-15-5-7-16(8-6-15)13-29-25(33)34/h1-4,9-11,14-16,29H,5-8,12-13H2,(H2,26,31)(H,28,32)(H,33,34)/t15-,16-. The van der Waals surface area contributed by atoms with E-state index < -0.39 is 12.0 Å². The number of hydrogen-bond donors (Lipinski definition) is 4. The van der Waals surface area contributed by atoms with Gasteiger partial charge in [0.1, 0.15) is 5.69 Å². The fourth-order valence-corrected chi connectivity index (χ4v) is 4.41. The van der Waals surface area contributed by atoms with Crippen LogP contribution in [0.4, 0.5) is 4.79 Å². The number of hydrogen-bond acceptors (Lipinski definition) is 5. The Morgan fingerprint density at radius 3 is 2.26 bits per heavy atom.